The van der Waals surface area contributed by atoms with Gasteiger partial charge >= 0.3 is 0 Å². The van der Waals surface area contributed by atoms with Crippen molar-refractivity contribution in [3.05, 3.63) is 70.2 Å². The van der Waals surface area contributed by atoms with Gasteiger partial charge in [0.1, 0.15) is 0 Å². The number of likely N-dealkylation sites (tertiary alicyclic amines) is 2. The van der Waals surface area contributed by atoms with Crippen LogP contribution in [0.25, 0.3) is 0 Å². The molecule has 2 heterocycles. The Morgan fingerprint density at radius 3 is 1.93 bits per heavy atom. The van der Waals surface area contributed by atoms with Crippen molar-refractivity contribution >= 4 is 27.7 Å². The average molecular weight is 427 g/mol. The highest BCUT2D eigenvalue weighted by molar-refractivity contribution is 9.10. The molecule has 140 valence electrons. The van der Waals surface area contributed by atoms with Crippen molar-refractivity contribution in [1.29, 1.82) is 0 Å². The van der Waals surface area contributed by atoms with Crippen molar-refractivity contribution in [3.8, 4) is 0 Å². The zero-order chi connectivity index (χ0) is 18.8. The van der Waals surface area contributed by atoms with Gasteiger partial charge in [0.25, 0.3) is 11.8 Å². The van der Waals surface area contributed by atoms with Gasteiger partial charge < -0.3 is 9.80 Å². The minimum atomic E-state index is 0.121. The van der Waals surface area contributed by atoms with Crippen molar-refractivity contribution in [2.45, 2.75) is 12.8 Å². The fourth-order valence-electron chi connectivity index (χ4n) is 4.09. The molecule has 27 heavy (non-hydrogen) atoms. The Bertz CT molecular complexity index is 808. The van der Waals surface area contributed by atoms with Crippen LogP contribution >= 0.6 is 15.9 Å². The molecule has 0 bridgehead atoms. The quantitative estimate of drug-likeness (QED) is 0.741. The van der Waals surface area contributed by atoms with E-state index in [1.807, 2.05) is 64.4 Å². The van der Waals surface area contributed by atoms with Crippen LogP contribution in [0.4, 0.5) is 0 Å². The minimum absolute atomic E-state index is 0.121. The molecule has 2 saturated heterocycles. The minimum Gasteiger partial charge on any atom is -0.339 e. The monoisotopic (exact) mass is 426 g/mol. The lowest BCUT2D eigenvalue weighted by molar-refractivity contribution is 0.0228. The first-order valence-electron chi connectivity index (χ1n) is 9.51. The summed E-state index contributed by atoms with van der Waals surface area (Å²) in [6, 6.07) is 17.1. The van der Waals surface area contributed by atoms with E-state index in [0.717, 1.165) is 54.6 Å². The number of piperidine rings is 1. The molecule has 0 aromatic heterocycles. The van der Waals surface area contributed by atoms with Crippen LogP contribution in [0.2, 0.25) is 0 Å². The Kier molecular flexibility index (Phi) is 5.30. The van der Waals surface area contributed by atoms with E-state index in [2.05, 4.69) is 15.9 Å². The van der Waals surface area contributed by atoms with Gasteiger partial charge in [-0.15, -0.1) is 0 Å². The van der Waals surface area contributed by atoms with E-state index in [0.29, 0.717) is 11.8 Å². The summed E-state index contributed by atoms with van der Waals surface area (Å²) in [5.74, 6) is 1.43. The van der Waals surface area contributed by atoms with Crippen molar-refractivity contribution in [3.63, 3.8) is 0 Å². The van der Waals surface area contributed by atoms with Crippen molar-refractivity contribution in [2.75, 3.05) is 26.2 Å². The molecule has 0 radical (unpaired) electrons. The summed E-state index contributed by atoms with van der Waals surface area (Å²) in [4.78, 5) is 29.0. The first-order valence-corrected chi connectivity index (χ1v) is 10.3. The maximum Gasteiger partial charge on any atom is 0.253 e. The van der Waals surface area contributed by atoms with Gasteiger partial charge in [0.05, 0.1) is 0 Å². The summed E-state index contributed by atoms with van der Waals surface area (Å²) in [5, 5.41) is 0. The number of carbonyl (C=O) groups is 2. The molecule has 2 aliphatic rings. The third-order valence-corrected chi connectivity index (χ3v) is 6.33. The molecule has 0 atom stereocenters. The zero-order valence-electron chi connectivity index (χ0n) is 15.2. The van der Waals surface area contributed by atoms with Crippen molar-refractivity contribution in [1.82, 2.24) is 9.80 Å². The normalized spacial score (nSPS) is 18.3. The topological polar surface area (TPSA) is 40.6 Å². The van der Waals surface area contributed by atoms with Crippen LogP contribution in [0.3, 0.4) is 0 Å². The van der Waals surface area contributed by atoms with E-state index in [1.54, 1.807) is 0 Å². The molecule has 2 aliphatic heterocycles. The summed E-state index contributed by atoms with van der Waals surface area (Å²) in [5.41, 5.74) is 1.52. The summed E-state index contributed by atoms with van der Waals surface area (Å²) < 4.78 is 0.984. The molecule has 5 heteroatoms. The lowest BCUT2D eigenvalue weighted by atomic mass is 9.79. The maximum absolute atomic E-state index is 12.6. The van der Waals surface area contributed by atoms with Crippen LogP contribution in [-0.2, 0) is 0 Å². The van der Waals surface area contributed by atoms with Gasteiger partial charge in [0, 0.05) is 41.8 Å². The van der Waals surface area contributed by atoms with Crippen molar-refractivity contribution < 1.29 is 9.59 Å². The predicted octanol–water partition coefficient (Wildman–Crippen LogP) is 4.07. The Hall–Kier alpha value is -2.14. The highest BCUT2D eigenvalue weighted by Gasteiger charge is 2.38. The number of amides is 2. The summed E-state index contributed by atoms with van der Waals surface area (Å²) in [7, 11) is 0. The molecule has 4 rings (SSSR count). The largest absolute Gasteiger partial charge is 0.339 e. The van der Waals surface area contributed by atoms with E-state index in [4.69, 9.17) is 0 Å². The van der Waals surface area contributed by atoms with E-state index in [9.17, 15) is 9.59 Å². The smallest absolute Gasteiger partial charge is 0.253 e. The number of hydrogen-bond donors (Lipinski definition) is 0. The molecule has 2 amide bonds. The maximum atomic E-state index is 12.6. The van der Waals surface area contributed by atoms with Gasteiger partial charge in [-0.25, -0.2) is 0 Å². The van der Waals surface area contributed by atoms with Crippen LogP contribution in [-0.4, -0.2) is 47.8 Å². The Morgan fingerprint density at radius 1 is 0.741 bits per heavy atom. The third-order valence-electron chi connectivity index (χ3n) is 5.80. The number of hydrogen-bond acceptors (Lipinski definition) is 2. The number of rotatable bonds is 3. The van der Waals surface area contributed by atoms with Gasteiger partial charge in [-0.05, 0) is 61.1 Å². The predicted molar refractivity (Wildman–Crippen MR) is 109 cm³/mol. The average Bonchev–Trinajstić information content (AvgIpc) is 2.68. The highest BCUT2D eigenvalue weighted by Crippen LogP contribution is 2.33. The van der Waals surface area contributed by atoms with Gasteiger partial charge in [-0.1, -0.05) is 34.1 Å². The van der Waals surface area contributed by atoms with Gasteiger partial charge in [0.2, 0.25) is 0 Å². The zero-order valence-corrected chi connectivity index (χ0v) is 16.8. The Labute approximate surface area is 168 Å². The molecule has 0 unspecified atom stereocenters. The van der Waals surface area contributed by atoms with Gasteiger partial charge in [-0.2, -0.15) is 0 Å². The highest BCUT2D eigenvalue weighted by atomic mass is 79.9. The second kappa shape index (κ2) is 7.85. The molecule has 4 nitrogen and oxygen atoms in total. The third kappa shape index (κ3) is 3.93. The van der Waals surface area contributed by atoms with Crippen LogP contribution in [0.1, 0.15) is 33.6 Å². The van der Waals surface area contributed by atoms with Crippen LogP contribution in [0, 0.1) is 11.8 Å². The lowest BCUT2D eigenvalue weighted by Crippen LogP contribution is -2.54. The molecular formula is C22H23BrN2O2. The summed E-state index contributed by atoms with van der Waals surface area (Å²) in [6.45, 7) is 3.31. The fourth-order valence-corrected chi connectivity index (χ4v) is 4.35. The van der Waals surface area contributed by atoms with E-state index < -0.39 is 0 Å². The molecule has 2 aromatic carbocycles. The van der Waals surface area contributed by atoms with E-state index in [1.165, 1.54) is 0 Å². The van der Waals surface area contributed by atoms with Gasteiger partial charge in [0.15, 0.2) is 0 Å². The standard InChI is InChI=1S/C22H23BrN2O2/c23-20-8-6-18(7-9-20)22(27)25-14-19(15-25)16-10-12-24(13-11-16)21(26)17-4-2-1-3-5-17/h1-9,16,19H,10-15H2. The van der Waals surface area contributed by atoms with Crippen molar-refractivity contribution in [2.24, 2.45) is 11.8 Å². The van der Waals surface area contributed by atoms with Crippen LogP contribution in [0.15, 0.2) is 59.1 Å². The second-order valence-electron chi connectivity index (χ2n) is 7.47. The number of halogens is 1. The number of carbonyl (C=O) groups excluding carboxylic acids is 2. The summed E-state index contributed by atoms with van der Waals surface area (Å²) in [6.07, 6.45) is 2.06. The van der Waals surface area contributed by atoms with Crippen LogP contribution < -0.4 is 0 Å². The lowest BCUT2D eigenvalue weighted by Gasteiger charge is -2.46. The molecule has 0 spiro atoms. The Morgan fingerprint density at radius 2 is 1.30 bits per heavy atom. The molecule has 2 aromatic rings. The van der Waals surface area contributed by atoms with Gasteiger partial charge in [-0.3, -0.25) is 9.59 Å². The fraction of sp³-hybridized carbons (Fsp3) is 0.364. The molecule has 0 saturated carbocycles. The molecule has 2 fully saturated rings. The molecular weight excluding hydrogens is 404 g/mol. The number of nitrogens with zero attached hydrogens (tertiary/aromatic N) is 2. The molecule has 0 N–H and O–H groups in total. The summed E-state index contributed by atoms with van der Waals surface area (Å²) >= 11 is 3.40. The van der Waals surface area contributed by atoms with E-state index in [-0.39, 0.29) is 11.8 Å². The van der Waals surface area contributed by atoms with Crippen LogP contribution in [0.5, 0.6) is 0 Å². The Balaban J connectivity index is 1.26. The first-order chi connectivity index (χ1) is 13.1. The number of benzene rings is 2. The second-order valence-corrected chi connectivity index (χ2v) is 8.39. The first kappa shape index (κ1) is 18.2. The van der Waals surface area contributed by atoms with E-state index >= 15 is 0 Å². The SMILES string of the molecule is O=C(c1ccccc1)N1CCC(C2CN(C(=O)c3ccc(Br)cc3)C2)CC1. The molecule has 0 aliphatic carbocycles.